The van der Waals surface area contributed by atoms with Crippen LogP contribution in [0.1, 0.15) is 35.4 Å². The summed E-state index contributed by atoms with van der Waals surface area (Å²) in [6.07, 6.45) is 2.48. The highest BCUT2D eigenvalue weighted by molar-refractivity contribution is 5.36. The van der Waals surface area contributed by atoms with Crippen molar-refractivity contribution in [3.05, 3.63) is 34.9 Å². The Morgan fingerprint density at radius 2 is 1.92 bits per heavy atom. The summed E-state index contributed by atoms with van der Waals surface area (Å²) >= 11 is 0. The Morgan fingerprint density at radius 3 is 2.46 bits per heavy atom. The molecule has 1 saturated carbocycles. The lowest BCUT2D eigenvalue weighted by molar-refractivity contribution is 0.274. The van der Waals surface area contributed by atoms with E-state index in [0.717, 1.165) is 11.1 Å². The molecule has 0 saturated heterocycles. The van der Waals surface area contributed by atoms with Crippen molar-refractivity contribution >= 4 is 0 Å². The summed E-state index contributed by atoms with van der Waals surface area (Å²) in [5, 5.41) is 18.1. The van der Waals surface area contributed by atoms with Crippen LogP contribution in [0.2, 0.25) is 0 Å². The molecule has 0 amide bonds. The van der Waals surface area contributed by atoms with Crippen molar-refractivity contribution in [1.82, 2.24) is 0 Å². The fourth-order valence-electron chi connectivity index (χ4n) is 1.69. The van der Waals surface area contributed by atoms with E-state index in [1.807, 2.05) is 18.2 Å². The first-order chi connectivity index (χ1) is 6.35. The van der Waals surface area contributed by atoms with Crippen LogP contribution in [0.15, 0.2) is 18.2 Å². The zero-order valence-corrected chi connectivity index (χ0v) is 7.53. The molecule has 2 nitrogen and oxygen atoms in total. The summed E-state index contributed by atoms with van der Waals surface area (Å²) in [6, 6.07) is 5.87. The summed E-state index contributed by atoms with van der Waals surface area (Å²) < 4.78 is 0. The average molecular weight is 178 g/mol. The van der Waals surface area contributed by atoms with Crippen molar-refractivity contribution in [3.8, 4) is 0 Å². The van der Waals surface area contributed by atoms with Crippen LogP contribution in [0.5, 0.6) is 0 Å². The van der Waals surface area contributed by atoms with Gasteiger partial charge >= 0.3 is 0 Å². The molecule has 1 aliphatic carbocycles. The van der Waals surface area contributed by atoms with Crippen LogP contribution in [-0.4, -0.2) is 10.2 Å². The molecule has 2 rings (SSSR count). The molecule has 0 aromatic heterocycles. The van der Waals surface area contributed by atoms with Crippen LogP contribution >= 0.6 is 0 Å². The Hall–Kier alpha value is -0.860. The standard InChI is InChI=1S/C11H14O2/c12-6-8-1-4-11(9-2-3-9)10(5-8)7-13/h1,4-5,9,12-13H,2-3,6-7H2. The van der Waals surface area contributed by atoms with Gasteiger partial charge in [-0.15, -0.1) is 0 Å². The van der Waals surface area contributed by atoms with Crippen molar-refractivity contribution in [2.75, 3.05) is 0 Å². The van der Waals surface area contributed by atoms with E-state index in [0.29, 0.717) is 5.92 Å². The van der Waals surface area contributed by atoms with E-state index in [1.54, 1.807) is 0 Å². The third-order valence-corrected chi connectivity index (χ3v) is 2.58. The summed E-state index contributed by atoms with van der Waals surface area (Å²) in [5.74, 6) is 0.662. The van der Waals surface area contributed by atoms with Gasteiger partial charge in [-0.1, -0.05) is 18.2 Å². The Kier molecular flexibility index (Phi) is 2.34. The lowest BCUT2D eigenvalue weighted by atomic mass is 10.0. The minimum absolute atomic E-state index is 0.0535. The SMILES string of the molecule is OCc1ccc(C2CC2)c(CO)c1. The molecule has 0 unspecified atom stereocenters. The van der Waals surface area contributed by atoms with E-state index in [4.69, 9.17) is 10.2 Å². The second-order valence-corrected chi connectivity index (χ2v) is 3.62. The third kappa shape index (κ3) is 1.74. The molecule has 13 heavy (non-hydrogen) atoms. The first kappa shape index (κ1) is 8.73. The van der Waals surface area contributed by atoms with Crippen molar-refractivity contribution in [2.24, 2.45) is 0 Å². The average Bonchev–Trinajstić information content (AvgIpc) is 3.00. The molecule has 0 spiro atoms. The predicted molar refractivity (Wildman–Crippen MR) is 50.3 cm³/mol. The van der Waals surface area contributed by atoms with Crippen LogP contribution in [0.3, 0.4) is 0 Å². The number of benzene rings is 1. The number of aliphatic hydroxyl groups is 2. The molecule has 0 heterocycles. The van der Waals surface area contributed by atoms with Gasteiger partial charge in [-0.3, -0.25) is 0 Å². The maximum Gasteiger partial charge on any atom is 0.0684 e. The van der Waals surface area contributed by atoms with Gasteiger partial charge in [0.1, 0.15) is 0 Å². The number of aliphatic hydroxyl groups excluding tert-OH is 2. The van der Waals surface area contributed by atoms with Gasteiger partial charge in [-0.05, 0) is 35.4 Å². The molecule has 1 fully saturated rings. The molecule has 70 valence electrons. The molecular weight excluding hydrogens is 164 g/mol. The fraction of sp³-hybridized carbons (Fsp3) is 0.455. The number of hydrogen-bond acceptors (Lipinski definition) is 2. The predicted octanol–water partition coefficient (Wildman–Crippen LogP) is 1.55. The summed E-state index contributed by atoms with van der Waals surface area (Å²) in [4.78, 5) is 0. The summed E-state index contributed by atoms with van der Waals surface area (Å²) in [7, 11) is 0. The van der Waals surface area contributed by atoms with E-state index >= 15 is 0 Å². The smallest absolute Gasteiger partial charge is 0.0684 e. The van der Waals surface area contributed by atoms with Gasteiger partial charge in [0.25, 0.3) is 0 Å². The Balaban J connectivity index is 2.33. The zero-order valence-electron chi connectivity index (χ0n) is 7.53. The first-order valence-corrected chi connectivity index (χ1v) is 4.68. The van der Waals surface area contributed by atoms with Crippen molar-refractivity contribution < 1.29 is 10.2 Å². The van der Waals surface area contributed by atoms with Crippen LogP contribution in [0.4, 0.5) is 0 Å². The molecular formula is C11H14O2. The van der Waals surface area contributed by atoms with Gasteiger partial charge in [-0.25, -0.2) is 0 Å². The molecule has 0 radical (unpaired) electrons. The summed E-state index contributed by atoms with van der Waals surface area (Å²) in [5.41, 5.74) is 3.13. The van der Waals surface area contributed by atoms with Gasteiger partial charge in [0.15, 0.2) is 0 Å². The lowest BCUT2D eigenvalue weighted by Crippen LogP contribution is -1.94. The van der Waals surface area contributed by atoms with Gasteiger partial charge in [0.2, 0.25) is 0 Å². The monoisotopic (exact) mass is 178 g/mol. The van der Waals surface area contributed by atoms with Gasteiger partial charge in [0.05, 0.1) is 13.2 Å². The van der Waals surface area contributed by atoms with Crippen LogP contribution < -0.4 is 0 Å². The minimum Gasteiger partial charge on any atom is -0.392 e. The van der Waals surface area contributed by atoms with E-state index in [2.05, 4.69) is 0 Å². The highest BCUT2D eigenvalue weighted by Gasteiger charge is 2.25. The molecule has 2 heteroatoms. The maximum absolute atomic E-state index is 9.13. The highest BCUT2D eigenvalue weighted by Crippen LogP contribution is 2.41. The molecule has 1 aromatic carbocycles. The minimum atomic E-state index is 0.0535. The van der Waals surface area contributed by atoms with Crippen LogP contribution in [-0.2, 0) is 13.2 Å². The van der Waals surface area contributed by atoms with Crippen LogP contribution in [0, 0.1) is 0 Å². The molecule has 1 aromatic rings. The van der Waals surface area contributed by atoms with Crippen LogP contribution in [0.25, 0.3) is 0 Å². The number of hydrogen-bond donors (Lipinski definition) is 2. The van der Waals surface area contributed by atoms with Crippen molar-refractivity contribution in [3.63, 3.8) is 0 Å². The molecule has 2 N–H and O–H groups in total. The van der Waals surface area contributed by atoms with E-state index in [9.17, 15) is 0 Å². The van der Waals surface area contributed by atoms with E-state index in [1.165, 1.54) is 18.4 Å². The van der Waals surface area contributed by atoms with Gasteiger partial charge < -0.3 is 10.2 Å². The largest absolute Gasteiger partial charge is 0.392 e. The normalized spacial score (nSPS) is 16.2. The second-order valence-electron chi connectivity index (χ2n) is 3.62. The Morgan fingerprint density at radius 1 is 1.15 bits per heavy atom. The van der Waals surface area contributed by atoms with Gasteiger partial charge in [-0.2, -0.15) is 0 Å². The molecule has 0 aliphatic heterocycles. The lowest BCUT2D eigenvalue weighted by Gasteiger charge is -2.07. The number of rotatable bonds is 3. The second kappa shape index (κ2) is 3.48. The quantitative estimate of drug-likeness (QED) is 0.737. The van der Waals surface area contributed by atoms with Gasteiger partial charge in [0, 0.05) is 0 Å². The third-order valence-electron chi connectivity index (χ3n) is 2.58. The highest BCUT2D eigenvalue weighted by atomic mass is 16.3. The summed E-state index contributed by atoms with van der Waals surface area (Å²) in [6.45, 7) is 0.137. The van der Waals surface area contributed by atoms with E-state index in [-0.39, 0.29) is 13.2 Å². The van der Waals surface area contributed by atoms with Crippen molar-refractivity contribution in [2.45, 2.75) is 32.0 Å². The topological polar surface area (TPSA) is 40.5 Å². The fourth-order valence-corrected chi connectivity index (χ4v) is 1.69. The Bertz CT molecular complexity index is 303. The zero-order chi connectivity index (χ0) is 9.26. The van der Waals surface area contributed by atoms with E-state index < -0.39 is 0 Å². The molecule has 1 aliphatic rings. The van der Waals surface area contributed by atoms with Crippen molar-refractivity contribution in [1.29, 1.82) is 0 Å². The first-order valence-electron chi connectivity index (χ1n) is 4.68. The molecule has 0 bridgehead atoms. The molecule has 0 atom stereocenters. The Labute approximate surface area is 77.8 Å². The maximum atomic E-state index is 9.13.